The van der Waals surface area contributed by atoms with Crippen molar-refractivity contribution in [3.05, 3.63) is 71.6 Å². The zero-order valence-electron chi connectivity index (χ0n) is 32.3. The van der Waals surface area contributed by atoms with Crippen LogP contribution in [-0.4, -0.2) is 68.2 Å². The predicted octanol–water partition coefficient (Wildman–Crippen LogP) is 8.03. The second-order valence-electron chi connectivity index (χ2n) is 16.3. The molecule has 2 aliphatic carbocycles. The number of methoxy groups -OCH3 is 1. The summed E-state index contributed by atoms with van der Waals surface area (Å²) in [6, 6.07) is 12.1. The first-order chi connectivity index (χ1) is 25.9. The van der Waals surface area contributed by atoms with Crippen LogP contribution >= 0.6 is 0 Å². The molecule has 2 aromatic heterocycles. The molecule has 54 heavy (non-hydrogen) atoms. The van der Waals surface area contributed by atoms with Gasteiger partial charge in [0.25, 0.3) is 0 Å². The van der Waals surface area contributed by atoms with Crippen LogP contribution in [0.2, 0.25) is 0 Å². The third-order valence-corrected chi connectivity index (χ3v) is 11.1. The quantitative estimate of drug-likeness (QED) is 0.136. The summed E-state index contributed by atoms with van der Waals surface area (Å²) in [4.78, 5) is 56.8. The van der Waals surface area contributed by atoms with Crippen molar-refractivity contribution < 1.29 is 23.9 Å². The van der Waals surface area contributed by atoms with Crippen molar-refractivity contribution in [2.45, 2.75) is 110 Å². The third-order valence-electron chi connectivity index (χ3n) is 11.1. The number of likely N-dealkylation sites (tertiary alicyclic amines) is 1. The van der Waals surface area contributed by atoms with E-state index in [-0.39, 0.29) is 23.9 Å². The molecule has 3 atom stereocenters. The van der Waals surface area contributed by atoms with E-state index in [1.54, 1.807) is 0 Å². The van der Waals surface area contributed by atoms with Gasteiger partial charge in [-0.25, -0.2) is 19.6 Å². The van der Waals surface area contributed by atoms with Gasteiger partial charge in [0.05, 0.1) is 43.0 Å². The van der Waals surface area contributed by atoms with E-state index in [1.165, 1.54) is 29.4 Å². The van der Waals surface area contributed by atoms with Crippen LogP contribution in [0.3, 0.4) is 0 Å². The number of aromatic amines is 2. The van der Waals surface area contributed by atoms with E-state index in [2.05, 4.69) is 57.0 Å². The van der Waals surface area contributed by atoms with Crippen LogP contribution in [-0.2, 0) is 27.1 Å². The molecule has 1 saturated heterocycles. The summed E-state index contributed by atoms with van der Waals surface area (Å²) >= 11 is 0. The highest BCUT2D eigenvalue weighted by molar-refractivity contribution is 5.86. The maximum Gasteiger partial charge on any atom is 0.408 e. The summed E-state index contributed by atoms with van der Waals surface area (Å²) in [7, 11) is 1.30. The van der Waals surface area contributed by atoms with Crippen LogP contribution in [0.15, 0.2) is 48.8 Å². The van der Waals surface area contributed by atoms with Gasteiger partial charge in [-0.15, -0.1) is 0 Å². The number of amides is 3. The molecule has 3 heterocycles. The summed E-state index contributed by atoms with van der Waals surface area (Å²) < 4.78 is 10.4. The molecule has 4 aromatic rings. The standard InChI is InChI=1S/C42H53N7O5/c1-24(2)35(47-40(51)53-6)39(50)49-19-9-12-34(49)37-43-22-32(45-37)28-15-17-30-26(20-28)13-14-27-21-29(16-18-31(27)30)33-23-44-38(46-33)36(25-10-7-8-11-25)48-41(52)54-42(3,4)5/h15-18,20-25,34-36H,7-14,19H2,1-6H3,(H,43,45)(H,44,46)(H,47,51)(H,48,52)/t34-,35-,36?/m0/s1. The van der Waals surface area contributed by atoms with Gasteiger partial charge in [0.1, 0.15) is 23.3 Å². The smallest absolute Gasteiger partial charge is 0.408 e. The number of aromatic nitrogens is 4. The Morgan fingerprint density at radius 1 is 0.833 bits per heavy atom. The summed E-state index contributed by atoms with van der Waals surface area (Å²) in [6.45, 7) is 10.1. The molecule has 12 nitrogen and oxygen atoms in total. The molecule has 0 bridgehead atoms. The molecule has 2 fully saturated rings. The Labute approximate surface area is 317 Å². The monoisotopic (exact) mass is 735 g/mol. The average Bonchev–Trinajstić information content (AvgIpc) is 3.98. The molecular formula is C42H53N7O5. The van der Waals surface area contributed by atoms with Gasteiger partial charge < -0.3 is 35.0 Å². The van der Waals surface area contributed by atoms with Gasteiger partial charge in [0.15, 0.2) is 0 Å². The summed E-state index contributed by atoms with van der Waals surface area (Å²) in [6.07, 6.45) is 10.6. The van der Waals surface area contributed by atoms with Crippen LogP contribution in [0.1, 0.15) is 108 Å². The number of hydrogen-bond acceptors (Lipinski definition) is 7. The van der Waals surface area contributed by atoms with Crippen molar-refractivity contribution >= 4 is 18.1 Å². The van der Waals surface area contributed by atoms with Crippen LogP contribution in [0, 0.1) is 11.8 Å². The first-order valence-corrected chi connectivity index (χ1v) is 19.4. The van der Waals surface area contributed by atoms with Crippen LogP contribution in [0.4, 0.5) is 9.59 Å². The number of imidazole rings is 2. The van der Waals surface area contributed by atoms with E-state index in [0.717, 1.165) is 85.5 Å². The van der Waals surface area contributed by atoms with Gasteiger partial charge in [0, 0.05) is 6.54 Å². The van der Waals surface area contributed by atoms with E-state index >= 15 is 0 Å². The second kappa shape index (κ2) is 15.3. The number of aryl methyl sites for hydroxylation is 2. The van der Waals surface area contributed by atoms with E-state index in [1.807, 2.05) is 51.9 Å². The maximum atomic E-state index is 13.6. The van der Waals surface area contributed by atoms with Crippen LogP contribution in [0.5, 0.6) is 0 Å². The fraction of sp³-hybridized carbons (Fsp3) is 0.500. The number of carbonyl (C=O) groups excluding carboxylic acids is 3. The third kappa shape index (κ3) is 7.88. The number of nitrogens with zero attached hydrogens (tertiary/aromatic N) is 3. The van der Waals surface area contributed by atoms with Crippen LogP contribution < -0.4 is 10.6 Å². The molecule has 0 spiro atoms. The highest BCUT2D eigenvalue weighted by Crippen LogP contribution is 2.40. The number of benzene rings is 2. The molecule has 1 aliphatic heterocycles. The van der Waals surface area contributed by atoms with Gasteiger partial charge in [-0.1, -0.05) is 51.0 Å². The summed E-state index contributed by atoms with van der Waals surface area (Å²) in [5, 5.41) is 5.83. The Morgan fingerprint density at radius 2 is 1.46 bits per heavy atom. The minimum atomic E-state index is -0.675. The molecule has 1 saturated carbocycles. The highest BCUT2D eigenvalue weighted by Gasteiger charge is 2.38. The predicted molar refractivity (Wildman–Crippen MR) is 206 cm³/mol. The molecule has 286 valence electrons. The highest BCUT2D eigenvalue weighted by atomic mass is 16.6. The lowest BCUT2D eigenvalue weighted by Gasteiger charge is -2.30. The fourth-order valence-corrected chi connectivity index (χ4v) is 8.35. The van der Waals surface area contributed by atoms with Gasteiger partial charge in [0.2, 0.25) is 5.91 Å². The second-order valence-corrected chi connectivity index (χ2v) is 16.3. The van der Waals surface area contributed by atoms with Gasteiger partial charge >= 0.3 is 12.2 Å². The number of rotatable bonds is 9. The Morgan fingerprint density at radius 3 is 2.07 bits per heavy atom. The molecule has 12 heteroatoms. The van der Waals surface area contributed by atoms with E-state index in [0.29, 0.717) is 12.5 Å². The SMILES string of the molecule is COC(=O)N[C@H](C(=O)N1CCC[C@H]1c1ncc(-c2ccc3c(c2)CCc2cc(-c4cnc(C(NC(=O)OC(C)(C)C)C5CCCC5)[nH]4)ccc2-3)[nH]1)C(C)C. The molecule has 0 radical (unpaired) electrons. The Kier molecular flexibility index (Phi) is 10.5. The first kappa shape index (κ1) is 37.2. The summed E-state index contributed by atoms with van der Waals surface area (Å²) in [5.74, 6) is 1.62. The normalized spacial score (nSPS) is 18.2. The number of fused-ring (bicyclic) bond motifs is 3. The van der Waals surface area contributed by atoms with Crippen LogP contribution in [0.25, 0.3) is 33.6 Å². The number of nitrogens with one attached hydrogen (secondary N) is 4. The van der Waals surface area contributed by atoms with Crippen molar-refractivity contribution in [2.24, 2.45) is 11.8 Å². The van der Waals surface area contributed by atoms with E-state index < -0.39 is 23.8 Å². The Hall–Kier alpha value is -5.13. The van der Waals surface area contributed by atoms with Crippen molar-refractivity contribution in [1.82, 2.24) is 35.5 Å². The van der Waals surface area contributed by atoms with Crippen molar-refractivity contribution in [3.63, 3.8) is 0 Å². The lowest BCUT2D eigenvalue weighted by atomic mass is 9.83. The van der Waals surface area contributed by atoms with E-state index in [4.69, 9.17) is 19.4 Å². The molecule has 4 N–H and O–H groups in total. The maximum absolute atomic E-state index is 13.6. The molecule has 3 amide bonds. The number of H-pyrrole nitrogens is 2. The van der Waals surface area contributed by atoms with Gasteiger partial charge in [-0.3, -0.25) is 4.79 Å². The van der Waals surface area contributed by atoms with Crippen molar-refractivity contribution in [2.75, 3.05) is 13.7 Å². The minimum absolute atomic E-state index is 0.0932. The molecule has 1 unspecified atom stereocenters. The van der Waals surface area contributed by atoms with Gasteiger partial charge in [-0.05, 0) is 117 Å². The molecule has 2 aromatic carbocycles. The van der Waals surface area contributed by atoms with Crippen molar-refractivity contribution in [3.8, 4) is 33.6 Å². The largest absolute Gasteiger partial charge is 0.453 e. The zero-order valence-corrected chi connectivity index (χ0v) is 32.3. The molecular weight excluding hydrogens is 683 g/mol. The topological polar surface area (TPSA) is 154 Å². The fourth-order valence-electron chi connectivity index (χ4n) is 8.35. The Balaban J connectivity index is 1.07. The number of ether oxygens (including phenoxy) is 2. The Bertz CT molecular complexity index is 2000. The summed E-state index contributed by atoms with van der Waals surface area (Å²) in [5.41, 5.74) is 8.42. The lowest BCUT2D eigenvalue weighted by molar-refractivity contribution is -0.135. The zero-order chi connectivity index (χ0) is 38.1. The number of hydrogen-bond donors (Lipinski definition) is 4. The van der Waals surface area contributed by atoms with E-state index in [9.17, 15) is 14.4 Å². The van der Waals surface area contributed by atoms with Crippen molar-refractivity contribution in [1.29, 1.82) is 0 Å². The van der Waals surface area contributed by atoms with Gasteiger partial charge in [-0.2, -0.15) is 0 Å². The lowest BCUT2D eigenvalue weighted by Crippen LogP contribution is -2.51. The number of alkyl carbamates (subject to hydrolysis) is 2. The average molecular weight is 736 g/mol. The molecule has 7 rings (SSSR count). The molecule has 3 aliphatic rings. The minimum Gasteiger partial charge on any atom is -0.453 e. The first-order valence-electron chi connectivity index (χ1n) is 19.4. The number of carbonyl (C=O) groups is 3.